The first kappa shape index (κ1) is 17.0. The first-order valence-electron chi connectivity index (χ1n) is 6.84. The van der Waals surface area contributed by atoms with Gasteiger partial charge < -0.3 is 10.1 Å². The van der Waals surface area contributed by atoms with Gasteiger partial charge in [-0.25, -0.2) is 0 Å². The Bertz CT molecular complexity index is 376. The van der Waals surface area contributed by atoms with Crippen molar-refractivity contribution < 1.29 is 17.9 Å². The van der Waals surface area contributed by atoms with E-state index in [-0.39, 0.29) is 12.6 Å². The van der Waals surface area contributed by atoms with Crippen molar-refractivity contribution in [2.24, 2.45) is 0 Å². The van der Waals surface area contributed by atoms with E-state index in [1.54, 1.807) is 0 Å². The lowest BCUT2D eigenvalue weighted by Gasteiger charge is -2.19. The molecule has 0 fully saturated rings. The molecule has 0 amide bonds. The molecule has 0 radical (unpaired) electrons. The summed E-state index contributed by atoms with van der Waals surface area (Å²) in [7, 11) is 0. The van der Waals surface area contributed by atoms with Crippen LogP contribution < -0.4 is 5.32 Å². The van der Waals surface area contributed by atoms with Crippen LogP contribution >= 0.6 is 0 Å². The van der Waals surface area contributed by atoms with Gasteiger partial charge in [0.1, 0.15) is 6.61 Å². The number of aryl methyl sites for hydroxylation is 1. The SMILES string of the molecule is CCCNC(COCC(F)(F)F)Cc1ccc(C)cc1. The third-order valence-electron chi connectivity index (χ3n) is 2.87. The fourth-order valence-corrected chi connectivity index (χ4v) is 1.86. The molecule has 0 aliphatic heterocycles. The predicted octanol–water partition coefficient (Wildman–Crippen LogP) is 3.48. The van der Waals surface area contributed by atoms with E-state index in [1.165, 1.54) is 5.56 Å². The minimum Gasteiger partial charge on any atom is -0.370 e. The standard InChI is InChI=1S/C15H22F3NO/c1-3-8-19-14(10-20-11-15(16,17)18)9-13-6-4-12(2)5-7-13/h4-7,14,19H,3,8-11H2,1-2H3. The third-order valence-corrected chi connectivity index (χ3v) is 2.87. The van der Waals surface area contributed by atoms with Gasteiger partial charge in [0.2, 0.25) is 0 Å². The zero-order chi connectivity index (χ0) is 15.0. The van der Waals surface area contributed by atoms with Crippen LogP contribution in [0.2, 0.25) is 0 Å². The number of ether oxygens (including phenoxy) is 1. The molecule has 114 valence electrons. The number of rotatable bonds is 8. The second-order valence-electron chi connectivity index (χ2n) is 4.97. The Kier molecular flexibility index (Phi) is 7.02. The first-order chi connectivity index (χ1) is 9.40. The minimum absolute atomic E-state index is 0.0629. The summed E-state index contributed by atoms with van der Waals surface area (Å²) in [6.45, 7) is 3.67. The van der Waals surface area contributed by atoms with E-state index in [9.17, 15) is 13.2 Å². The Hall–Kier alpha value is -1.07. The smallest absolute Gasteiger partial charge is 0.370 e. The largest absolute Gasteiger partial charge is 0.411 e. The maximum absolute atomic E-state index is 12.1. The van der Waals surface area contributed by atoms with Gasteiger partial charge >= 0.3 is 6.18 Å². The average Bonchev–Trinajstić information content (AvgIpc) is 2.37. The van der Waals surface area contributed by atoms with Gasteiger partial charge in [0, 0.05) is 6.04 Å². The minimum atomic E-state index is -4.26. The van der Waals surface area contributed by atoms with Crippen LogP contribution in [0.3, 0.4) is 0 Å². The van der Waals surface area contributed by atoms with E-state index in [1.807, 2.05) is 38.1 Å². The fourth-order valence-electron chi connectivity index (χ4n) is 1.86. The van der Waals surface area contributed by atoms with Gasteiger partial charge in [-0.05, 0) is 31.9 Å². The molecule has 20 heavy (non-hydrogen) atoms. The summed E-state index contributed by atoms with van der Waals surface area (Å²) >= 11 is 0. The summed E-state index contributed by atoms with van der Waals surface area (Å²) in [4.78, 5) is 0. The first-order valence-corrected chi connectivity index (χ1v) is 6.84. The highest BCUT2D eigenvalue weighted by Gasteiger charge is 2.27. The molecule has 2 nitrogen and oxygen atoms in total. The summed E-state index contributed by atoms with van der Waals surface area (Å²) in [5, 5.41) is 3.23. The fraction of sp³-hybridized carbons (Fsp3) is 0.600. The highest BCUT2D eigenvalue weighted by Crippen LogP contribution is 2.15. The zero-order valence-electron chi connectivity index (χ0n) is 12.0. The summed E-state index contributed by atoms with van der Waals surface area (Å²) in [6, 6.07) is 7.91. The summed E-state index contributed by atoms with van der Waals surface area (Å²) < 4.78 is 41.0. The molecule has 0 heterocycles. The van der Waals surface area contributed by atoms with Gasteiger partial charge in [-0.2, -0.15) is 13.2 Å². The van der Waals surface area contributed by atoms with Crippen LogP contribution in [0.1, 0.15) is 24.5 Å². The van der Waals surface area contributed by atoms with Crippen LogP contribution in [0.4, 0.5) is 13.2 Å². The summed E-state index contributed by atoms with van der Waals surface area (Å²) in [5.74, 6) is 0. The molecule has 0 bridgehead atoms. The number of benzene rings is 1. The number of halogens is 3. The van der Waals surface area contributed by atoms with E-state index in [0.717, 1.165) is 18.5 Å². The molecular weight excluding hydrogens is 267 g/mol. The van der Waals surface area contributed by atoms with Crippen LogP contribution in [0.15, 0.2) is 24.3 Å². The second-order valence-corrected chi connectivity index (χ2v) is 4.97. The van der Waals surface area contributed by atoms with Gasteiger partial charge in [-0.1, -0.05) is 36.8 Å². The van der Waals surface area contributed by atoms with Gasteiger partial charge in [0.05, 0.1) is 6.61 Å². The maximum atomic E-state index is 12.1. The highest BCUT2D eigenvalue weighted by molar-refractivity contribution is 5.22. The van der Waals surface area contributed by atoms with Crippen molar-refractivity contribution in [2.75, 3.05) is 19.8 Å². The molecule has 1 aromatic carbocycles. The van der Waals surface area contributed by atoms with E-state index >= 15 is 0 Å². The van der Waals surface area contributed by atoms with E-state index in [0.29, 0.717) is 6.42 Å². The number of nitrogens with one attached hydrogen (secondary N) is 1. The molecule has 0 aliphatic carbocycles. The molecule has 1 aromatic rings. The molecule has 0 saturated carbocycles. The lowest BCUT2D eigenvalue weighted by atomic mass is 10.0. The molecule has 5 heteroatoms. The molecular formula is C15H22F3NO. The van der Waals surface area contributed by atoms with Crippen molar-refractivity contribution in [3.8, 4) is 0 Å². The van der Waals surface area contributed by atoms with Crippen molar-refractivity contribution >= 4 is 0 Å². The monoisotopic (exact) mass is 289 g/mol. The topological polar surface area (TPSA) is 21.3 Å². The van der Waals surface area contributed by atoms with Crippen molar-refractivity contribution in [2.45, 2.75) is 38.9 Å². The molecule has 0 aromatic heterocycles. The van der Waals surface area contributed by atoms with E-state index < -0.39 is 12.8 Å². The van der Waals surface area contributed by atoms with Crippen LogP contribution in [0.25, 0.3) is 0 Å². The van der Waals surface area contributed by atoms with Crippen molar-refractivity contribution in [3.63, 3.8) is 0 Å². The van der Waals surface area contributed by atoms with Crippen LogP contribution in [0, 0.1) is 6.92 Å². The molecule has 1 N–H and O–H groups in total. The van der Waals surface area contributed by atoms with Crippen LogP contribution in [0.5, 0.6) is 0 Å². The van der Waals surface area contributed by atoms with Crippen LogP contribution in [-0.2, 0) is 11.2 Å². The molecule has 0 aliphatic rings. The average molecular weight is 289 g/mol. The Morgan fingerprint density at radius 3 is 2.40 bits per heavy atom. The molecule has 0 saturated heterocycles. The Morgan fingerprint density at radius 2 is 1.85 bits per heavy atom. The lowest BCUT2D eigenvalue weighted by Crippen LogP contribution is -2.37. The van der Waals surface area contributed by atoms with E-state index in [4.69, 9.17) is 4.74 Å². The van der Waals surface area contributed by atoms with Crippen molar-refractivity contribution in [3.05, 3.63) is 35.4 Å². The van der Waals surface area contributed by atoms with Gasteiger partial charge in [0.25, 0.3) is 0 Å². The number of hydrogen-bond acceptors (Lipinski definition) is 2. The van der Waals surface area contributed by atoms with Crippen molar-refractivity contribution in [1.29, 1.82) is 0 Å². The Morgan fingerprint density at radius 1 is 1.20 bits per heavy atom. The Balaban J connectivity index is 2.48. The second kappa shape index (κ2) is 8.27. The predicted molar refractivity (Wildman–Crippen MR) is 73.8 cm³/mol. The maximum Gasteiger partial charge on any atom is 0.411 e. The molecule has 1 unspecified atom stereocenters. The zero-order valence-corrected chi connectivity index (χ0v) is 12.0. The lowest BCUT2D eigenvalue weighted by molar-refractivity contribution is -0.175. The van der Waals surface area contributed by atoms with Gasteiger partial charge in [0.15, 0.2) is 0 Å². The van der Waals surface area contributed by atoms with Crippen molar-refractivity contribution in [1.82, 2.24) is 5.32 Å². The van der Waals surface area contributed by atoms with E-state index in [2.05, 4.69) is 5.32 Å². The van der Waals surface area contributed by atoms with Crippen LogP contribution in [-0.4, -0.2) is 32.0 Å². The number of hydrogen-bond donors (Lipinski definition) is 1. The third kappa shape index (κ3) is 7.50. The summed E-state index contributed by atoms with van der Waals surface area (Å²) in [5.41, 5.74) is 2.26. The quantitative estimate of drug-likeness (QED) is 0.791. The molecule has 1 rings (SSSR count). The van der Waals surface area contributed by atoms with Gasteiger partial charge in [-0.3, -0.25) is 0 Å². The number of alkyl halides is 3. The Labute approximate surface area is 118 Å². The highest BCUT2D eigenvalue weighted by atomic mass is 19.4. The summed E-state index contributed by atoms with van der Waals surface area (Å²) in [6.07, 6.45) is -2.67. The van der Waals surface area contributed by atoms with Gasteiger partial charge in [-0.15, -0.1) is 0 Å². The normalized spacial score (nSPS) is 13.4. The molecule has 1 atom stereocenters. The molecule has 0 spiro atoms.